The Morgan fingerprint density at radius 3 is 2.90 bits per heavy atom. The van der Waals surface area contributed by atoms with E-state index in [-0.39, 0.29) is 23.9 Å². The van der Waals surface area contributed by atoms with Crippen molar-refractivity contribution in [2.24, 2.45) is 4.99 Å². The average Bonchev–Trinajstić information content (AvgIpc) is 3.33. The molecule has 1 aromatic heterocycles. The van der Waals surface area contributed by atoms with Crippen molar-refractivity contribution in [3.63, 3.8) is 0 Å². The summed E-state index contributed by atoms with van der Waals surface area (Å²) < 4.78 is 24.3. The second-order valence-corrected chi connectivity index (χ2v) is 10.3. The number of benzene rings is 1. The summed E-state index contributed by atoms with van der Waals surface area (Å²) in [5.74, 6) is -0.726. The average molecular weight is 434 g/mol. The molecule has 0 radical (unpaired) electrons. The minimum atomic E-state index is -3.13. The van der Waals surface area contributed by atoms with Crippen LogP contribution in [0.2, 0.25) is 0 Å². The van der Waals surface area contributed by atoms with Crippen LogP contribution in [0.1, 0.15) is 16.9 Å². The smallest absolute Gasteiger partial charge is 0.311 e. The summed E-state index contributed by atoms with van der Waals surface area (Å²) in [5, 5.41) is 10.5. The van der Waals surface area contributed by atoms with E-state index >= 15 is 0 Å². The van der Waals surface area contributed by atoms with Gasteiger partial charge in [-0.05, 0) is 18.6 Å². The van der Waals surface area contributed by atoms with Crippen molar-refractivity contribution in [3.05, 3.63) is 44.4 Å². The molecule has 2 aromatic rings. The first-order chi connectivity index (χ1) is 13.7. The number of fused-ring (bicyclic) bond motifs is 1. The second-order valence-electron chi connectivity index (χ2n) is 7.08. The molecule has 1 unspecified atom stereocenters. The summed E-state index contributed by atoms with van der Waals surface area (Å²) in [6, 6.07) is 7.13. The number of hydrogen-bond acceptors (Lipinski definition) is 7. The highest BCUT2D eigenvalue weighted by atomic mass is 32.2. The zero-order valence-electron chi connectivity index (χ0n) is 15.6. The number of allylic oxidation sites excluding steroid dienone is 1. The van der Waals surface area contributed by atoms with Gasteiger partial charge in [0.05, 0.1) is 22.1 Å². The number of aromatic nitrogens is 1. The molecule has 1 fully saturated rings. The summed E-state index contributed by atoms with van der Waals surface area (Å²) in [6.07, 6.45) is 3.72. The van der Waals surface area contributed by atoms with Gasteiger partial charge >= 0.3 is 4.87 Å². The number of carbonyl (C=O) groups is 1. The molecule has 10 heteroatoms. The fourth-order valence-electron chi connectivity index (χ4n) is 3.47. The number of amides is 1. The second kappa shape index (κ2) is 7.27. The molecule has 1 N–H and O–H groups in total. The lowest BCUT2D eigenvalue weighted by molar-refractivity contribution is -0.132. The Kier molecular flexibility index (Phi) is 4.91. The maximum atomic E-state index is 12.6. The van der Waals surface area contributed by atoms with Gasteiger partial charge in [0, 0.05) is 30.4 Å². The molecule has 1 aromatic carbocycles. The van der Waals surface area contributed by atoms with Gasteiger partial charge in [0.2, 0.25) is 11.8 Å². The number of aromatic hydroxyl groups is 1. The number of carbonyl (C=O) groups excluding carboxylic acids is 1. The van der Waals surface area contributed by atoms with E-state index in [1.807, 2.05) is 24.3 Å². The summed E-state index contributed by atoms with van der Waals surface area (Å²) in [4.78, 5) is 30.4. The first-order valence-electron chi connectivity index (χ1n) is 8.99. The number of aliphatic imine (C=N–C) groups is 1. The predicted molar refractivity (Wildman–Crippen MR) is 113 cm³/mol. The summed E-state index contributed by atoms with van der Waals surface area (Å²) in [5.41, 5.74) is 2.48. The molecule has 8 nitrogen and oxygen atoms in total. The highest BCUT2D eigenvalue weighted by molar-refractivity contribution is 7.91. The van der Waals surface area contributed by atoms with Gasteiger partial charge in [-0.3, -0.25) is 19.1 Å². The molecule has 0 spiro atoms. The van der Waals surface area contributed by atoms with Crippen molar-refractivity contribution in [1.29, 1.82) is 0 Å². The fourth-order valence-corrected chi connectivity index (χ4v) is 6.09. The number of nitrogens with zero attached hydrogens (tertiary/aromatic N) is 3. The van der Waals surface area contributed by atoms with Crippen molar-refractivity contribution >= 4 is 50.6 Å². The van der Waals surface area contributed by atoms with Crippen LogP contribution < -0.4 is 4.87 Å². The van der Waals surface area contributed by atoms with Gasteiger partial charge in [0.25, 0.3) is 0 Å². The van der Waals surface area contributed by atoms with Gasteiger partial charge in [-0.1, -0.05) is 29.5 Å². The SMILES string of the molecule is CN(C(=O)Cn1c(O)c(C=C2C=Nc3ccccc32)sc1=O)C1CCS(=O)(=O)C1. The number of sulfone groups is 1. The number of hydrogen-bond donors (Lipinski definition) is 1. The number of para-hydroxylation sites is 1. The number of likely N-dealkylation sites (N-methyl/N-ethyl adjacent to an activating group) is 1. The molecular formula is C19H19N3O5S2. The Morgan fingerprint density at radius 2 is 2.17 bits per heavy atom. The van der Waals surface area contributed by atoms with Gasteiger partial charge in [-0.25, -0.2) is 8.42 Å². The Balaban J connectivity index is 1.56. The molecule has 1 atom stereocenters. The zero-order chi connectivity index (χ0) is 20.8. The minimum Gasteiger partial charge on any atom is -0.493 e. The van der Waals surface area contributed by atoms with Crippen LogP contribution in [-0.2, 0) is 21.2 Å². The highest BCUT2D eigenvalue weighted by Crippen LogP contribution is 2.34. The largest absolute Gasteiger partial charge is 0.493 e. The fraction of sp³-hybridized carbons (Fsp3) is 0.316. The topological polar surface area (TPSA) is 109 Å². The van der Waals surface area contributed by atoms with Gasteiger partial charge in [0.15, 0.2) is 9.84 Å². The van der Waals surface area contributed by atoms with Crippen molar-refractivity contribution < 1.29 is 18.3 Å². The molecule has 2 aliphatic heterocycles. The van der Waals surface area contributed by atoms with Crippen LogP contribution in [0.15, 0.2) is 34.1 Å². The van der Waals surface area contributed by atoms with E-state index in [1.165, 1.54) is 11.9 Å². The van der Waals surface area contributed by atoms with Crippen molar-refractivity contribution in [1.82, 2.24) is 9.47 Å². The van der Waals surface area contributed by atoms with E-state index < -0.39 is 26.7 Å². The van der Waals surface area contributed by atoms with E-state index in [2.05, 4.69) is 4.99 Å². The van der Waals surface area contributed by atoms with Crippen LogP contribution in [0.4, 0.5) is 5.69 Å². The Morgan fingerprint density at radius 1 is 1.41 bits per heavy atom. The van der Waals surface area contributed by atoms with Crippen LogP contribution >= 0.6 is 11.3 Å². The lowest BCUT2D eigenvalue weighted by Crippen LogP contribution is -2.40. The lowest BCUT2D eigenvalue weighted by Gasteiger charge is -2.23. The molecular weight excluding hydrogens is 414 g/mol. The molecule has 1 amide bonds. The van der Waals surface area contributed by atoms with Crippen LogP contribution in [-0.4, -0.2) is 59.7 Å². The van der Waals surface area contributed by atoms with E-state index in [1.54, 1.807) is 12.3 Å². The summed E-state index contributed by atoms with van der Waals surface area (Å²) in [6.45, 7) is -0.345. The van der Waals surface area contributed by atoms with Crippen LogP contribution in [0.5, 0.6) is 5.88 Å². The van der Waals surface area contributed by atoms with E-state index in [9.17, 15) is 23.1 Å². The van der Waals surface area contributed by atoms with Crippen LogP contribution in [0, 0.1) is 0 Å². The van der Waals surface area contributed by atoms with Crippen molar-refractivity contribution in [2.75, 3.05) is 18.6 Å². The number of rotatable bonds is 4. The first kappa shape index (κ1) is 19.6. The molecule has 1 saturated heterocycles. The van der Waals surface area contributed by atoms with Crippen molar-refractivity contribution in [2.45, 2.75) is 19.0 Å². The lowest BCUT2D eigenvalue weighted by atomic mass is 10.1. The van der Waals surface area contributed by atoms with Gasteiger partial charge in [-0.15, -0.1) is 0 Å². The number of thiazole rings is 1. The van der Waals surface area contributed by atoms with E-state index in [0.717, 1.165) is 32.7 Å². The van der Waals surface area contributed by atoms with Gasteiger partial charge in [-0.2, -0.15) is 0 Å². The highest BCUT2D eigenvalue weighted by Gasteiger charge is 2.33. The normalized spacial score (nSPS) is 20.9. The molecule has 152 valence electrons. The third-order valence-electron chi connectivity index (χ3n) is 5.18. The van der Waals surface area contributed by atoms with Crippen LogP contribution in [0.3, 0.4) is 0 Å². The van der Waals surface area contributed by atoms with Gasteiger partial charge < -0.3 is 10.0 Å². The third kappa shape index (κ3) is 3.77. The maximum absolute atomic E-state index is 12.6. The molecule has 3 heterocycles. The molecule has 4 rings (SSSR count). The summed E-state index contributed by atoms with van der Waals surface area (Å²) >= 11 is 0.841. The summed E-state index contributed by atoms with van der Waals surface area (Å²) in [7, 11) is -1.60. The zero-order valence-corrected chi connectivity index (χ0v) is 17.2. The molecule has 0 bridgehead atoms. The molecule has 2 aliphatic rings. The molecule has 0 aliphatic carbocycles. The standard InChI is InChI=1S/C19H19N3O5S2/c1-21(13-6-7-29(26,27)11-13)17(23)10-22-18(24)16(28-19(22)25)8-12-9-20-15-5-3-2-4-14(12)15/h2-5,8-9,13,24H,6-7,10-11H2,1H3. The molecule has 0 saturated carbocycles. The Labute approximate surface area is 171 Å². The Bertz CT molecular complexity index is 1210. The van der Waals surface area contributed by atoms with Gasteiger partial charge in [0.1, 0.15) is 6.54 Å². The van der Waals surface area contributed by atoms with Crippen molar-refractivity contribution in [3.8, 4) is 5.88 Å². The first-order valence-corrected chi connectivity index (χ1v) is 11.6. The Hall–Kier alpha value is -2.72. The third-order valence-corrected chi connectivity index (χ3v) is 7.85. The minimum absolute atomic E-state index is 0.0552. The monoisotopic (exact) mass is 433 g/mol. The molecule has 29 heavy (non-hydrogen) atoms. The van der Waals surface area contributed by atoms with E-state index in [0.29, 0.717) is 11.3 Å². The quantitative estimate of drug-likeness (QED) is 0.786. The van der Waals surface area contributed by atoms with Crippen LogP contribution in [0.25, 0.3) is 11.6 Å². The maximum Gasteiger partial charge on any atom is 0.311 e. The van der Waals surface area contributed by atoms with E-state index in [4.69, 9.17) is 0 Å². The predicted octanol–water partition coefficient (Wildman–Crippen LogP) is 1.52.